The van der Waals surface area contributed by atoms with Gasteiger partial charge in [-0.2, -0.15) is 0 Å². The van der Waals surface area contributed by atoms with E-state index in [9.17, 15) is 0 Å². The molecule has 0 aromatic heterocycles. The lowest BCUT2D eigenvalue weighted by atomic mass is 9.98. The summed E-state index contributed by atoms with van der Waals surface area (Å²) in [5.74, 6) is 0. The van der Waals surface area contributed by atoms with Crippen LogP contribution in [0.25, 0.3) is 5.57 Å². The van der Waals surface area contributed by atoms with Crippen molar-refractivity contribution in [1.29, 1.82) is 0 Å². The average molecular weight is 421 g/mol. The van der Waals surface area contributed by atoms with E-state index in [1.54, 1.807) is 0 Å². The fourth-order valence-corrected chi connectivity index (χ4v) is 4.29. The van der Waals surface area contributed by atoms with E-state index in [2.05, 4.69) is 127 Å². The first-order valence-electron chi connectivity index (χ1n) is 11.6. The minimum atomic E-state index is 0.922. The van der Waals surface area contributed by atoms with Crippen molar-refractivity contribution in [3.8, 4) is 0 Å². The minimum Gasteiger partial charge on any atom is -0.342 e. The summed E-state index contributed by atoms with van der Waals surface area (Å²) in [4.78, 5) is 4.68. The smallest absolute Gasteiger partial charge is 0.0411 e. The Hall–Kier alpha value is -3.52. The van der Waals surface area contributed by atoms with Gasteiger partial charge in [-0.25, -0.2) is 0 Å². The molecular formula is C30H32N2. The summed E-state index contributed by atoms with van der Waals surface area (Å²) in [5, 5.41) is 0. The van der Waals surface area contributed by atoms with Crippen LogP contribution >= 0.6 is 0 Å². The van der Waals surface area contributed by atoms with Gasteiger partial charge in [0.15, 0.2) is 0 Å². The van der Waals surface area contributed by atoms with Gasteiger partial charge in [0, 0.05) is 35.8 Å². The molecular weight excluding hydrogens is 388 g/mol. The number of likely N-dealkylation sites (N-methyl/N-ethyl adjacent to an activating group) is 1. The van der Waals surface area contributed by atoms with Gasteiger partial charge in [-0.05, 0) is 85.9 Å². The molecule has 1 aliphatic rings. The lowest BCUT2D eigenvalue weighted by molar-refractivity contribution is 0.928. The van der Waals surface area contributed by atoms with Crippen LogP contribution in [0.3, 0.4) is 0 Å². The summed E-state index contributed by atoms with van der Waals surface area (Å²) >= 11 is 0. The van der Waals surface area contributed by atoms with Gasteiger partial charge in [-0.1, -0.05) is 61.2 Å². The zero-order chi connectivity index (χ0) is 22.3. The van der Waals surface area contributed by atoms with Gasteiger partial charge < -0.3 is 9.80 Å². The Bertz CT molecular complexity index is 1090. The highest BCUT2D eigenvalue weighted by Gasteiger charge is 2.11. The van der Waals surface area contributed by atoms with Gasteiger partial charge >= 0.3 is 0 Å². The third-order valence-electron chi connectivity index (χ3n) is 6.04. The normalized spacial score (nSPS) is 12.9. The van der Waals surface area contributed by atoms with Crippen LogP contribution in [0.4, 0.5) is 17.1 Å². The first-order chi connectivity index (χ1) is 15.7. The van der Waals surface area contributed by atoms with Crippen LogP contribution in [0, 0.1) is 0 Å². The number of rotatable bonds is 8. The van der Waals surface area contributed by atoms with Crippen LogP contribution in [-0.4, -0.2) is 13.1 Å². The van der Waals surface area contributed by atoms with Gasteiger partial charge in [0.25, 0.3) is 0 Å². The number of anilines is 3. The van der Waals surface area contributed by atoms with E-state index in [1.165, 1.54) is 22.8 Å². The van der Waals surface area contributed by atoms with Crippen molar-refractivity contribution in [1.82, 2.24) is 0 Å². The minimum absolute atomic E-state index is 0.922. The van der Waals surface area contributed by atoms with E-state index in [1.807, 2.05) is 0 Å². The van der Waals surface area contributed by atoms with Crippen molar-refractivity contribution < 1.29 is 0 Å². The van der Waals surface area contributed by atoms with Crippen LogP contribution in [0.15, 0.2) is 109 Å². The third-order valence-corrected chi connectivity index (χ3v) is 6.04. The predicted molar refractivity (Wildman–Crippen MR) is 140 cm³/mol. The van der Waals surface area contributed by atoms with Gasteiger partial charge in [0.1, 0.15) is 0 Å². The Balaban J connectivity index is 1.50. The maximum Gasteiger partial charge on any atom is 0.0411 e. The fraction of sp³-hybridized carbons (Fsp3) is 0.200. The Morgan fingerprint density at radius 3 is 1.72 bits per heavy atom. The van der Waals surface area contributed by atoms with Gasteiger partial charge in [0.2, 0.25) is 0 Å². The molecule has 0 saturated heterocycles. The Morgan fingerprint density at radius 1 is 0.688 bits per heavy atom. The molecule has 4 rings (SSSR count). The topological polar surface area (TPSA) is 6.48 Å². The van der Waals surface area contributed by atoms with Crippen LogP contribution in [-0.2, 0) is 0 Å². The van der Waals surface area contributed by atoms with E-state index < -0.39 is 0 Å². The average Bonchev–Trinajstić information content (AvgIpc) is 2.87. The molecule has 0 aliphatic heterocycles. The van der Waals surface area contributed by atoms with Gasteiger partial charge in [-0.15, -0.1) is 0 Å². The summed E-state index contributed by atoms with van der Waals surface area (Å²) in [6.45, 7) is 10.6. The number of benzene rings is 3. The van der Waals surface area contributed by atoms with Crippen molar-refractivity contribution in [2.75, 3.05) is 22.9 Å². The van der Waals surface area contributed by atoms with Crippen molar-refractivity contribution in [2.45, 2.75) is 26.7 Å². The fourth-order valence-electron chi connectivity index (χ4n) is 4.29. The summed E-state index contributed by atoms with van der Waals surface area (Å²) in [6.07, 6.45) is 9.08. The third kappa shape index (κ3) is 4.70. The van der Waals surface area contributed by atoms with E-state index in [4.69, 9.17) is 0 Å². The van der Waals surface area contributed by atoms with Crippen LogP contribution in [0.5, 0.6) is 0 Å². The molecule has 0 unspecified atom stereocenters. The van der Waals surface area contributed by atoms with Crippen LogP contribution < -0.4 is 9.80 Å². The quantitative estimate of drug-likeness (QED) is 0.364. The van der Waals surface area contributed by atoms with Gasteiger partial charge in [0.05, 0.1) is 0 Å². The monoisotopic (exact) mass is 420 g/mol. The van der Waals surface area contributed by atoms with E-state index >= 15 is 0 Å². The molecule has 162 valence electrons. The SMILES string of the molecule is C=C(c1ccc(N(CC)C2=CCCC=C2)cc1)c1ccc(N(CC)c2ccccc2)cc1. The zero-order valence-corrected chi connectivity index (χ0v) is 19.2. The van der Waals surface area contributed by atoms with Crippen LogP contribution in [0.2, 0.25) is 0 Å². The second-order valence-electron chi connectivity index (χ2n) is 8.01. The zero-order valence-electron chi connectivity index (χ0n) is 19.2. The summed E-state index contributed by atoms with van der Waals surface area (Å²) in [6, 6.07) is 28.0. The Labute approximate surface area is 192 Å². The van der Waals surface area contributed by atoms with Crippen LogP contribution in [0.1, 0.15) is 37.8 Å². The molecule has 3 aromatic carbocycles. The molecule has 0 saturated carbocycles. The largest absolute Gasteiger partial charge is 0.342 e. The maximum absolute atomic E-state index is 4.38. The highest BCUT2D eigenvalue weighted by Crippen LogP contribution is 2.30. The standard InChI is InChI=1S/C30H32N2/c1-4-31(27-12-8-6-9-13-27)29-20-16-25(17-21-29)24(3)26-18-22-30(23-19-26)32(5-2)28-14-10-7-11-15-28/h6,8-10,12-23H,3-5,7,11H2,1-2H3. The lowest BCUT2D eigenvalue weighted by Gasteiger charge is -2.26. The second-order valence-corrected chi connectivity index (χ2v) is 8.01. The first-order valence-corrected chi connectivity index (χ1v) is 11.6. The highest BCUT2D eigenvalue weighted by atomic mass is 15.1. The summed E-state index contributed by atoms with van der Waals surface area (Å²) in [5.41, 5.74) is 8.26. The molecule has 0 N–H and O–H groups in total. The molecule has 0 atom stereocenters. The molecule has 0 spiro atoms. The van der Waals surface area contributed by atoms with E-state index in [-0.39, 0.29) is 0 Å². The molecule has 0 bridgehead atoms. The van der Waals surface area contributed by atoms with Crippen molar-refractivity contribution in [3.63, 3.8) is 0 Å². The number of allylic oxidation sites excluding steroid dienone is 3. The summed E-state index contributed by atoms with van der Waals surface area (Å²) in [7, 11) is 0. The first kappa shape index (κ1) is 21.7. The lowest BCUT2D eigenvalue weighted by Crippen LogP contribution is -2.21. The molecule has 2 nitrogen and oxygen atoms in total. The number of hydrogen-bond acceptors (Lipinski definition) is 2. The molecule has 2 heteroatoms. The van der Waals surface area contributed by atoms with Crippen molar-refractivity contribution in [3.05, 3.63) is 120 Å². The molecule has 0 heterocycles. The molecule has 0 radical (unpaired) electrons. The number of hydrogen-bond donors (Lipinski definition) is 0. The van der Waals surface area contributed by atoms with Gasteiger partial charge in [-0.3, -0.25) is 0 Å². The van der Waals surface area contributed by atoms with Crippen molar-refractivity contribution in [2.24, 2.45) is 0 Å². The number of nitrogens with zero attached hydrogens (tertiary/aromatic N) is 2. The number of para-hydroxylation sites is 1. The van der Waals surface area contributed by atoms with Crippen molar-refractivity contribution >= 4 is 22.6 Å². The molecule has 0 fully saturated rings. The molecule has 0 amide bonds. The molecule has 32 heavy (non-hydrogen) atoms. The molecule has 3 aromatic rings. The predicted octanol–water partition coefficient (Wildman–Crippen LogP) is 7.97. The highest BCUT2D eigenvalue weighted by molar-refractivity contribution is 5.80. The Morgan fingerprint density at radius 2 is 1.22 bits per heavy atom. The van der Waals surface area contributed by atoms with E-state index in [0.717, 1.165) is 42.6 Å². The Kier molecular flexibility index (Phi) is 6.91. The molecule has 1 aliphatic carbocycles. The second kappa shape index (κ2) is 10.2. The summed E-state index contributed by atoms with van der Waals surface area (Å²) < 4.78 is 0. The van der Waals surface area contributed by atoms with E-state index in [0.29, 0.717) is 0 Å². The maximum atomic E-state index is 4.38.